The van der Waals surface area contributed by atoms with Crippen LogP contribution in [0.3, 0.4) is 0 Å². The zero-order valence-electron chi connectivity index (χ0n) is 12.3. The van der Waals surface area contributed by atoms with Gasteiger partial charge in [-0.25, -0.2) is 0 Å². The van der Waals surface area contributed by atoms with E-state index in [2.05, 4.69) is 43.4 Å². The number of amides is 1. The summed E-state index contributed by atoms with van der Waals surface area (Å²) in [5.74, 6) is 2.40. The Morgan fingerprint density at radius 3 is 2.85 bits per heavy atom. The van der Waals surface area contributed by atoms with E-state index < -0.39 is 0 Å². The van der Waals surface area contributed by atoms with Gasteiger partial charge in [0, 0.05) is 11.8 Å². The summed E-state index contributed by atoms with van der Waals surface area (Å²) in [4.78, 5) is 14.4. The molecule has 1 heterocycles. The number of thioether (sulfide) groups is 1. The van der Waals surface area contributed by atoms with Crippen molar-refractivity contribution >= 4 is 17.7 Å². The molecule has 0 saturated carbocycles. The van der Waals surface area contributed by atoms with Gasteiger partial charge in [-0.2, -0.15) is 11.8 Å². The van der Waals surface area contributed by atoms with Crippen LogP contribution in [0.1, 0.15) is 25.8 Å². The lowest BCUT2D eigenvalue weighted by Crippen LogP contribution is -2.38. The Hall–Kier alpha value is -1.00. The summed E-state index contributed by atoms with van der Waals surface area (Å²) in [6.45, 7) is 5.00. The van der Waals surface area contributed by atoms with E-state index in [1.807, 2.05) is 22.7 Å². The summed E-state index contributed by atoms with van der Waals surface area (Å²) >= 11 is 1.89. The number of aryl methyl sites for hydroxylation is 1. The maximum absolute atomic E-state index is 12.4. The van der Waals surface area contributed by atoms with Crippen molar-refractivity contribution in [2.24, 2.45) is 0 Å². The second kappa shape index (κ2) is 7.70. The van der Waals surface area contributed by atoms with Gasteiger partial charge in [0.25, 0.3) is 0 Å². The van der Waals surface area contributed by atoms with Crippen molar-refractivity contribution in [3.05, 3.63) is 35.9 Å². The highest BCUT2D eigenvalue weighted by Crippen LogP contribution is 2.16. The second-order valence-corrected chi connectivity index (χ2v) is 6.57. The van der Waals surface area contributed by atoms with Gasteiger partial charge in [-0.1, -0.05) is 37.3 Å². The molecule has 0 aromatic heterocycles. The number of hydrogen-bond acceptors (Lipinski definition) is 3. The van der Waals surface area contributed by atoms with Crippen molar-refractivity contribution in [2.75, 3.05) is 18.2 Å². The molecule has 1 aliphatic rings. The number of hydrogen-bond donors (Lipinski definition) is 1. The number of carbonyl (C=O) groups is 1. The van der Waals surface area contributed by atoms with Crippen LogP contribution in [0, 0.1) is 0 Å². The van der Waals surface area contributed by atoms with Crippen LogP contribution >= 0.6 is 11.8 Å². The Morgan fingerprint density at radius 2 is 2.15 bits per heavy atom. The molecule has 0 aliphatic carbocycles. The highest BCUT2D eigenvalue weighted by atomic mass is 32.2. The van der Waals surface area contributed by atoms with Crippen LogP contribution in [0.2, 0.25) is 0 Å². The van der Waals surface area contributed by atoms with E-state index in [0.29, 0.717) is 12.7 Å². The van der Waals surface area contributed by atoms with Crippen LogP contribution in [0.15, 0.2) is 30.3 Å². The van der Waals surface area contributed by atoms with Crippen LogP contribution < -0.4 is 5.32 Å². The zero-order chi connectivity index (χ0) is 14.4. The highest BCUT2D eigenvalue weighted by molar-refractivity contribution is 7.99. The Labute approximate surface area is 126 Å². The van der Waals surface area contributed by atoms with Gasteiger partial charge in [-0.05, 0) is 31.1 Å². The number of rotatable bonds is 7. The van der Waals surface area contributed by atoms with Crippen molar-refractivity contribution in [1.29, 1.82) is 0 Å². The van der Waals surface area contributed by atoms with Crippen LogP contribution in [-0.4, -0.2) is 41.1 Å². The molecule has 1 amide bonds. The Balaban J connectivity index is 1.82. The number of nitrogens with one attached hydrogen (secondary N) is 1. The molecule has 1 aromatic carbocycles. The minimum absolute atomic E-state index is 0.00992. The average molecular weight is 292 g/mol. The first-order valence-electron chi connectivity index (χ1n) is 7.38. The SMILES string of the molecule is CCSCC(C)N1CNC(CCc2ccccc2)C1=O. The van der Waals surface area contributed by atoms with Gasteiger partial charge in [0.1, 0.15) is 0 Å². The molecule has 3 nitrogen and oxygen atoms in total. The lowest BCUT2D eigenvalue weighted by molar-refractivity contribution is -0.130. The lowest BCUT2D eigenvalue weighted by Gasteiger charge is -2.23. The highest BCUT2D eigenvalue weighted by Gasteiger charge is 2.33. The van der Waals surface area contributed by atoms with Gasteiger partial charge in [0.15, 0.2) is 0 Å². The van der Waals surface area contributed by atoms with E-state index in [9.17, 15) is 4.79 Å². The third-order valence-corrected chi connectivity index (χ3v) is 4.88. The molecule has 4 heteroatoms. The van der Waals surface area contributed by atoms with Gasteiger partial charge in [0.2, 0.25) is 5.91 Å². The molecule has 2 rings (SSSR count). The van der Waals surface area contributed by atoms with E-state index in [0.717, 1.165) is 24.3 Å². The molecule has 1 aliphatic heterocycles. The predicted octanol–water partition coefficient (Wildman–Crippen LogP) is 2.52. The van der Waals surface area contributed by atoms with E-state index in [1.54, 1.807) is 0 Å². The molecular formula is C16H24N2OS. The van der Waals surface area contributed by atoms with Crippen LogP contribution in [-0.2, 0) is 11.2 Å². The first kappa shape index (κ1) is 15.4. The summed E-state index contributed by atoms with van der Waals surface area (Å²) in [5, 5.41) is 3.35. The average Bonchev–Trinajstić information content (AvgIpc) is 2.85. The fourth-order valence-electron chi connectivity index (χ4n) is 2.51. The topological polar surface area (TPSA) is 32.3 Å². The Morgan fingerprint density at radius 1 is 1.40 bits per heavy atom. The molecular weight excluding hydrogens is 268 g/mol. The monoisotopic (exact) mass is 292 g/mol. The van der Waals surface area contributed by atoms with Crippen molar-refractivity contribution in [2.45, 2.75) is 38.8 Å². The van der Waals surface area contributed by atoms with Crippen molar-refractivity contribution in [1.82, 2.24) is 10.2 Å². The number of carbonyl (C=O) groups excluding carboxylic acids is 1. The normalized spacial score (nSPS) is 20.4. The first-order chi connectivity index (χ1) is 9.72. The Bertz CT molecular complexity index is 424. The summed E-state index contributed by atoms with van der Waals surface area (Å²) in [6.07, 6.45) is 1.84. The fourth-order valence-corrected chi connectivity index (χ4v) is 3.26. The third-order valence-electron chi connectivity index (χ3n) is 3.75. The second-order valence-electron chi connectivity index (χ2n) is 5.26. The molecule has 1 saturated heterocycles. The van der Waals surface area contributed by atoms with E-state index >= 15 is 0 Å². The molecule has 1 N–H and O–H groups in total. The zero-order valence-corrected chi connectivity index (χ0v) is 13.2. The maximum atomic E-state index is 12.4. The Kier molecular flexibility index (Phi) is 5.92. The smallest absolute Gasteiger partial charge is 0.241 e. The van der Waals surface area contributed by atoms with Crippen LogP contribution in [0.25, 0.3) is 0 Å². The predicted molar refractivity (Wildman–Crippen MR) is 85.9 cm³/mol. The standard InChI is InChI=1S/C16H24N2OS/c1-3-20-11-13(2)18-12-17-15(16(18)19)10-9-14-7-5-4-6-8-14/h4-8,13,15,17H,3,9-12H2,1-2H3. The fraction of sp³-hybridized carbons (Fsp3) is 0.562. The summed E-state index contributed by atoms with van der Waals surface area (Å²) < 4.78 is 0. The van der Waals surface area contributed by atoms with Gasteiger partial charge >= 0.3 is 0 Å². The maximum Gasteiger partial charge on any atom is 0.241 e. The summed E-state index contributed by atoms with van der Waals surface area (Å²) in [5.41, 5.74) is 1.30. The van der Waals surface area contributed by atoms with E-state index in [1.165, 1.54) is 5.56 Å². The van der Waals surface area contributed by atoms with E-state index in [4.69, 9.17) is 0 Å². The van der Waals surface area contributed by atoms with E-state index in [-0.39, 0.29) is 11.9 Å². The van der Waals surface area contributed by atoms with Gasteiger partial charge in [0.05, 0.1) is 12.7 Å². The quantitative estimate of drug-likeness (QED) is 0.838. The van der Waals surface area contributed by atoms with Crippen molar-refractivity contribution in [3.8, 4) is 0 Å². The van der Waals surface area contributed by atoms with Crippen LogP contribution in [0.5, 0.6) is 0 Å². The largest absolute Gasteiger partial charge is 0.325 e. The van der Waals surface area contributed by atoms with Gasteiger partial charge in [-0.15, -0.1) is 0 Å². The molecule has 20 heavy (non-hydrogen) atoms. The molecule has 0 radical (unpaired) electrons. The molecule has 2 atom stereocenters. The summed E-state index contributed by atoms with van der Waals surface area (Å²) in [7, 11) is 0. The number of benzene rings is 1. The third kappa shape index (κ3) is 4.00. The van der Waals surface area contributed by atoms with Crippen molar-refractivity contribution < 1.29 is 4.79 Å². The molecule has 110 valence electrons. The van der Waals surface area contributed by atoms with Gasteiger partial charge < -0.3 is 4.90 Å². The molecule has 0 spiro atoms. The van der Waals surface area contributed by atoms with Gasteiger partial charge in [-0.3, -0.25) is 10.1 Å². The molecule has 1 aromatic rings. The van der Waals surface area contributed by atoms with Crippen molar-refractivity contribution in [3.63, 3.8) is 0 Å². The minimum Gasteiger partial charge on any atom is -0.325 e. The minimum atomic E-state index is -0.00992. The molecule has 0 bridgehead atoms. The molecule has 2 unspecified atom stereocenters. The summed E-state index contributed by atoms with van der Waals surface area (Å²) in [6, 6.07) is 10.7. The molecule has 1 fully saturated rings. The van der Waals surface area contributed by atoms with Crippen LogP contribution in [0.4, 0.5) is 0 Å². The lowest BCUT2D eigenvalue weighted by atomic mass is 10.1. The first-order valence-corrected chi connectivity index (χ1v) is 8.53. The number of nitrogens with zero attached hydrogens (tertiary/aromatic N) is 1.